The van der Waals surface area contributed by atoms with E-state index >= 15 is 0 Å². The molecule has 2 aromatic rings. The molecule has 1 heterocycles. The van der Waals surface area contributed by atoms with Crippen LogP contribution in [0, 0.1) is 0 Å². The first-order valence-corrected chi connectivity index (χ1v) is 8.93. The molecular formula is C18H17BrN2O2S. The Morgan fingerprint density at radius 2 is 2.12 bits per heavy atom. The Morgan fingerprint density at radius 1 is 1.33 bits per heavy atom. The van der Waals surface area contributed by atoms with Crippen molar-refractivity contribution in [2.75, 3.05) is 18.1 Å². The maximum absolute atomic E-state index is 12.6. The predicted molar refractivity (Wildman–Crippen MR) is 103 cm³/mol. The van der Waals surface area contributed by atoms with Crippen LogP contribution in [0.25, 0.3) is 0 Å². The third-order valence-electron chi connectivity index (χ3n) is 3.84. The number of nitrogens with zero attached hydrogens (tertiary/aromatic N) is 1. The van der Waals surface area contributed by atoms with Crippen molar-refractivity contribution in [2.24, 2.45) is 0 Å². The zero-order valence-corrected chi connectivity index (χ0v) is 15.6. The summed E-state index contributed by atoms with van der Waals surface area (Å²) in [5, 5.41) is 3.23. The molecule has 2 aromatic carbocycles. The number of hydrogen-bond donors (Lipinski definition) is 1. The lowest BCUT2D eigenvalue weighted by atomic mass is 10.2. The number of benzene rings is 2. The lowest BCUT2D eigenvalue weighted by molar-refractivity contribution is 0.0973. The van der Waals surface area contributed by atoms with Crippen molar-refractivity contribution >= 4 is 44.9 Å². The standard InChI is InChI=1S/C18H17BrN2O2S/c1-2-23-16-8-7-13(19)11-14(16)17(22)20-18(24)21-10-9-12-5-3-4-6-15(12)21/h3-8,11H,2,9-10H2,1H3,(H,20,22,24). The normalized spacial score (nSPS) is 12.7. The summed E-state index contributed by atoms with van der Waals surface area (Å²) < 4.78 is 6.35. The van der Waals surface area contributed by atoms with Crippen LogP contribution in [-0.4, -0.2) is 24.2 Å². The largest absolute Gasteiger partial charge is 0.493 e. The fourth-order valence-corrected chi connectivity index (χ4v) is 3.39. The lowest BCUT2D eigenvalue weighted by Gasteiger charge is -2.21. The number of ether oxygens (including phenoxy) is 1. The van der Waals surface area contributed by atoms with Gasteiger partial charge in [0.2, 0.25) is 0 Å². The van der Waals surface area contributed by atoms with Crippen LogP contribution in [0.5, 0.6) is 5.75 Å². The quantitative estimate of drug-likeness (QED) is 0.786. The van der Waals surface area contributed by atoms with E-state index in [4.69, 9.17) is 17.0 Å². The summed E-state index contributed by atoms with van der Waals surface area (Å²) in [7, 11) is 0. The molecule has 0 aliphatic carbocycles. The molecule has 0 fully saturated rings. The highest BCUT2D eigenvalue weighted by Gasteiger charge is 2.24. The zero-order chi connectivity index (χ0) is 17.1. The van der Waals surface area contributed by atoms with E-state index in [-0.39, 0.29) is 5.91 Å². The third-order valence-corrected chi connectivity index (χ3v) is 4.65. The lowest BCUT2D eigenvalue weighted by Crippen LogP contribution is -2.42. The van der Waals surface area contributed by atoms with Crippen molar-refractivity contribution < 1.29 is 9.53 Å². The summed E-state index contributed by atoms with van der Waals surface area (Å²) in [5.41, 5.74) is 2.76. The molecule has 4 nitrogen and oxygen atoms in total. The number of amides is 1. The summed E-state index contributed by atoms with van der Waals surface area (Å²) >= 11 is 8.84. The first-order valence-electron chi connectivity index (χ1n) is 7.73. The minimum absolute atomic E-state index is 0.269. The average molecular weight is 405 g/mol. The Kier molecular flexibility index (Phi) is 5.16. The summed E-state index contributed by atoms with van der Waals surface area (Å²) in [6.07, 6.45) is 0.924. The molecule has 124 valence electrons. The van der Waals surface area contributed by atoms with Gasteiger partial charge in [-0.3, -0.25) is 10.1 Å². The summed E-state index contributed by atoms with van der Waals surface area (Å²) in [6.45, 7) is 3.15. The van der Waals surface area contributed by atoms with Gasteiger partial charge in [-0.25, -0.2) is 0 Å². The monoisotopic (exact) mass is 404 g/mol. The van der Waals surface area contributed by atoms with Crippen LogP contribution in [0.15, 0.2) is 46.9 Å². The van der Waals surface area contributed by atoms with E-state index in [2.05, 4.69) is 27.3 Å². The number of nitrogens with one attached hydrogen (secondary N) is 1. The number of carbonyl (C=O) groups is 1. The highest BCUT2D eigenvalue weighted by Crippen LogP contribution is 2.28. The molecule has 24 heavy (non-hydrogen) atoms. The van der Waals surface area contributed by atoms with Gasteiger partial charge in [0.15, 0.2) is 5.11 Å². The van der Waals surface area contributed by atoms with Gasteiger partial charge in [-0.1, -0.05) is 34.1 Å². The number of para-hydroxylation sites is 1. The molecule has 1 N–H and O–H groups in total. The highest BCUT2D eigenvalue weighted by molar-refractivity contribution is 9.10. The third kappa shape index (κ3) is 3.44. The van der Waals surface area contributed by atoms with Crippen LogP contribution >= 0.6 is 28.1 Å². The molecule has 0 radical (unpaired) electrons. The number of fused-ring (bicyclic) bond motifs is 1. The molecule has 0 saturated carbocycles. The number of hydrogen-bond acceptors (Lipinski definition) is 3. The Morgan fingerprint density at radius 3 is 2.92 bits per heavy atom. The Balaban J connectivity index is 1.78. The van der Waals surface area contributed by atoms with Gasteiger partial charge in [0.1, 0.15) is 5.75 Å². The van der Waals surface area contributed by atoms with Gasteiger partial charge in [0, 0.05) is 16.7 Å². The van der Waals surface area contributed by atoms with Gasteiger partial charge in [0.25, 0.3) is 5.91 Å². The second-order valence-corrected chi connectivity index (χ2v) is 6.67. The number of rotatable bonds is 3. The van der Waals surface area contributed by atoms with Crippen molar-refractivity contribution in [2.45, 2.75) is 13.3 Å². The summed E-state index contributed by atoms with van der Waals surface area (Å²) in [4.78, 5) is 14.6. The van der Waals surface area contributed by atoms with Crippen LogP contribution < -0.4 is 15.0 Å². The fourth-order valence-electron chi connectivity index (χ4n) is 2.74. The smallest absolute Gasteiger partial charge is 0.261 e. The number of anilines is 1. The van der Waals surface area contributed by atoms with Crippen LogP contribution in [0.4, 0.5) is 5.69 Å². The maximum atomic E-state index is 12.6. The van der Waals surface area contributed by atoms with Gasteiger partial charge >= 0.3 is 0 Å². The van der Waals surface area contributed by atoms with Gasteiger partial charge in [-0.05, 0) is 55.4 Å². The predicted octanol–water partition coefficient (Wildman–Crippen LogP) is 3.93. The maximum Gasteiger partial charge on any atom is 0.261 e. The SMILES string of the molecule is CCOc1ccc(Br)cc1C(=O)NC(=S)N1CCc2ccccc21. The average Bonchev–Trinajstić information content (AvgIpc) is 3.00. The summed E-state index contributed by atoms with van der Waals surface area (Å²) in [5.74, 6) is 0.275. The van der Waals surface area contributed by atoms with Crippen molar-refractivity contribution in [3.63, 3.8) is 0 Å². The van der Waals surface area contributed by atoms with Crippen molar-refractivity contribution in [1.29, 1.82) is 0 Å². The number of carbonyl (C=O) groups excluding carboxylic acids is 1. The van der Waals surface area contributed by atoms with E-state index in [9.17, 15) is 4.79 Å². The van der Waals surface area contributed by atoms with Gasteiger partial charge < -0.3 is 9.64 Å². The van der Waals surface area contributed by atoms with E-state index in [1.807, 2.05) is 36.1 Å². The molecule has 0 aromatic heterocycles. The minimum atomic E-state index is -0.269. The van der Waals surface area contributed by atoms with E-state index < -0.39 is 0 Å². The first kappa shape index (κ1) is 16.9. The van der Waals surface area contributed by atoms with Crippen molar-refractivity contribution in [3.05, 3.63) is 58.1 Å². The van der Waals surface area contributed by atoms with Crippen molar-refractivity contribution in [3.8, 4) is 5.75 Å². The Bertz CT molecular complexity index is 794. The Hall–Kier alpha value is -1.92. The molecule has 1 aliphatic rings. The van der Waals surface area contributed by atoms with Crippen LogP contribution in [0.2, 0.25) is 0 Å². The molecule has 6 heteroatoms. The molecule has 3 rings (SSSR count). The number of thiocarbonyl (C=S) groups is 1. The molecule has 0 bridgehead atoms. The molecule has 0 atom stereocenters. The molecule has 1 aliphatic heterocycles. The van der Waals surface area contributed by atoms with Crippen LogP contribution in [-0.2, 0) is 6.42 Å². The second-order valence-electron chi connectivity index (χ2n) is 5.36. The zero-order valence-electron chi connectivity index (χ0n) is 13.2. The molecular weight excluding hydrogens is 388 g/mol. The summed E-state index contributed by atoms with van der Waals surface area (Å²) in [6, 6.07) is 13.4. The first-order chi connectivity index (χ1) is 11.6. The number of halogens is 1. The Labute approximate surface area is 154 Å². The minimum Gasteiger partial charge on any atom is -0.493 e. The van der Waals surface area contributed by atoms with E-state index in [0.717, 1.165) is 23.1 Å². The van der Waals surface area contributed by atoms with E-state index in [1.165, 1.54) is 5.56 Å². The molecule has 1 amide bonds. The van der Waals surface area contributed by atoms with Crippen LogP contribution in [0.3, 0.4) is 0 Å². The fraction of sp³-hybridized carbons (Fsp3) is 0.222. The second kappa shape index (κ2) is 7.32. The molecule has 0 saturated heterocycles. The molecule has 0 unspecified atom stereocenters. The van der Waals surface area contributed by atoms with E-state index in [0.29, 0.717) is 23.0 Å². The van der Waals surface area contributed by atoms with Crippen molar-refractivity contribution in [1.82, 2.24) is 5.32 Å². The van der Waals surface area contributed by atoms with Crippen LogP contribution in [0.1, 0.15) is 22.8 Å². The molecule has 0 spiro atoms. The van der Waals surface area contributed by atoms with Gasteiger partial charge in [0.05, 0.1) is 12.2 Å². The van der Waals surface area contributed by atoms with E-state index in [1.54, 1.807) is 12.1 Å². The highest BCUT2D eigenvalue weighted by atomic mass is 79.9. The van der Waals surface area contributed by atoms with Gasteiger partial charge in [-0.2, -0.15) is 0 Å². The topological polar surface area (TPSA) is 41.6 Å². The van der Waals surface area contributed by atoms with Gasteiger partial charge in [-0.15, -0.1) is 0 Å².